The van der Waals surface area contributed by atoms with E-state index in [1.165, 1.54) is 31.2 Å². The van der Waals surface area contributed by atoms with Crippen LogP contribution in [0.3, 0.4) is 0 Å². The molecule has 1 heterocycles. The fourth-order valence-electron chi connectivity index (χ4n) is 1.41. The second kappa shape index (κ2) is 4.05. The zero-order chi connectivity index (χ0) is 12.7. The summed E-state index contributed by atoms with van der Waals surface area (Å²) in [6.07, 6.45) is -0.858. The Morgan fingerprint density at radius 2 is 1.59 bits per heavy atom. The van der Waals surface area contributed by atoms with Crippen LogP contribution in [0.15, 0.2) is 34.1 Å². The summed E-state index contributed by atoms with van der Waals surface area (Å²) < 4.78 is 56.5. The van der Waals surface area contributed by atoms with Crippen molar-refractivity contribution in [1.29, 1.82) is 0 Å². The summed E-state index contributed by atoms with van der Waals surface area (Å²) in [7, 11) is -8.15. The molecule has 0 amide bonds. The van der Waals surface area contributed by atoms with Gasteiger partial charge in [-0.15, -0.1) is 0 Å². The van der Waals surface area contributed by atoms with E-state index >= 15 is 0 Å². The van der Waals surface area contributed by atoms with E-state index in [2.05, 4.69) is 4.18 Å². The number of rotatable bonds is 0. The van der Waals surface area contributed by atoms with E-state index in [-0.39, 0.29) is 6.61 Å². The van der Waals surface area contributed by atoms with Crippen LogP contribution in [0.5, 0.6) is 0 Å². The normalized spacial score (nSPS) is 26.5. The maximum absolute atomic E-state index is 11.8. The van der Waals surface area contributed by atoms with Crippen molar-refractivity contribution < 1.29 is 25.2 Å². The average Bonchev–Trinajstić information content (AvgIpc) is 2.25. The summed E-state index contributed by atoms with van der Waals surface area (Å²) in [5, 5.41) is 0. The maximum Gasteiger partial charge on any atom is 0.298 e. The highest BCUT2D eigenvalue weighted by Crippen LogP contribution is 2.27. The standard InChI is InChI=1S/C9H10O6S2/c1-7-6-14-16(10,11)8-4-2-3-5-9(8)17(12,13)15-7/h2-5,7H,6H2,1H3. The van der Waals surface area contributed by atoms with E-state index in [0.29, 0.717) is 0 Å². The Kier molecular flexibility index (Phi) is 2.98. The Balaban J connectivity index is 2.74. The summed E-state index contributed by atoms with van der Waals surface area (Å²) in [6.45, 7) is 1.08. The van der Waals surface area contributed by atoms with E-state index < -0.39 is 36.1 Å². The van der Waals surface area contributed by atoms with E-state index in [9.17, 15) is 16.8 Å². The molecule has 6 nitrogen and oxygen atoms in total. The van der Waals surface area contributed by atoms with E-state index in [1.807, 2.05) is 0 Å². The van der Waals surface area contributed by atoms with Gasteiger partial charge >= 0.3 is 0 Å². The number of hydrogen-bond donors (Lipinski definition) is 0. The monoisotopic (exact) mass is 278 g/mol. The molecule has 1 aliphatic heterocycles. The number of hydrogen-bond acceptors (Lipinski definition) is 6. The van der Waals surface area contributed by atoms with Crippen molar-refractivity contribution in [3.8, 4) is 0 Å². The lowest BCUT2D eigenvalue weighted by atomic mass is 10.4. The predicted octanol–water partition coefficient (Wildman–Crippen LogP) is 0.499. The molecule has 1 aromatic carbocycles. The van der Waals surface area contributed by atoms with Crippen molar-refractivity contribution in [1.82, 2.24) is 0 Å². The van der Waals surface area contributed by atoms with Crippen molar-refractivity contribution in [2.75, 3.05) is 6.61 Å². The van der Waals surface area contributed by atoms with Crippen LogP contribution in [0.25, 0.3) is 0 Å². The zero-order valence-corrected chi connectivity index (χ0v) is 10.5. The van der Waals surface area contributed by atoms with Crippen molar-refractivity contribution in [3.05, 3.63) is 24.3 Å². The van der Waals surface area contributed by atoms with Gasteiger partial charge in [-0.2, -0.15) is 16.8 Å². The summed E-state index contributed by atoms with van der Waals surface area (Å²) in [5.41, 5.74) is 0. The average molecular weight is 278 g/mol. The van der Waals surface area contributed by atoms with Gasteiger partial charge in [0.1, 0.15) is 9.79 Å². The van der Waals surface area contributed by atoms with Crippen LogP contribution in [0.1, 0.15) is 6.92 Å². The number of fused-ring (bicyclic) bond motifs is 1. The SMILES string of the molecule is CC1COS(=O)(=O)c2ccccc2S(=O)(=O)O1. The smallest absolute Gasteiger partial charge is 0.264 e. The quantitative estimate of drug-likeness (QED) is 0.642. The van der Waals surface area contributed by atoms with E-state index in [4.69, 9.17) is 4.18 Å². The molecule has 0 bridgehead atoms. The Labute approximate surface area is 99.4 Å². The van der Waals surface area contributed by atoms with Gasteiger partial charge in [0.25, 0.3) is 20.2 Å². The van der Waals surface area contributed by atoms with Gasteiger partial charge in [-0.1, -0.05) is 12.1 Å². The van der Waals surface area contributed by atoms with Crippen molar-refractivity contribution in [2.24, 2.45) is 0 Å². The lowest BCUT2D eigenvalue weighted by Gasteiger charge is -2.18. The van der Waals surface area contributed by atoms with Gasteiger partial charge in [0.2, 0.25) is 0 Å². The van der Waals surface area contributed by atoms with Crippen LogP contribution in [0.2, 0.25) is 0 Å². The first-order valence-electron chi connectivity index (χ1n) is 4.75. The first kappa shape index (κ1) is 12.5. The molecule has 1 unspecified atom stereocenters. The minimum absolute atomic E-state index is 0.337. The van der Waals surface area contributed by atoms with Crippen LogP contribution in [-0.2, 0) is 28.6 Å². The van der Waals surface area contributed by atoms with Gasteiger partial charge in [-0.05, 0) is 19.1 Å². The third kappa shape index (κ3) is 2.34. The molecule has 0 radical (unpaired) electrons. The molecule has 0 saturated heterocycles. The molecule has 1 atom stereocenters. The Hall–Kier alpha value is -0.960. The van der Waals surface area contributed by atoms with Crippen molar-refractivity contribution in [2.45, 2.75) is 22.8 Å². The largest absolute Gasteiger partial charge is 0.298 e. The van der Waals surface area contributed by atoms with Crippen molar-refractivity contribution >= 4 is 20.2 Å². The summed E-state index contributed by atoms with van der Waals surface area (Å²) in [4.78, 5) is -0.793. The molecule has 0 aromatic heterocycles. The second-order valence-electron chi connectivity index (χ2n) is 3.55. The first-order chi connectivity index (χ1) is 7.83. The summed E-state index contributed by atoms with van der Waals surface area (Å²) in [5.74, 6) is 0. The van der Waals surface area contributed by atoms with Gasteiger partial charge in [-0.25, -0.2) is 0 Å². The Bertz CT molecular complexity index is 631. The van der Waals surface area contributed by atoms with Gasteiger partial charge in [0, 0.05) is 0 Å². The van der Waals surface area contributed by atoms with Crippen LogP contribution < -0.4 is 0 Å². The molecule has 1 aromatic rings. The topological polar surface area (TPSA) is 86.7 Å². The molecular formula is C9H10O6S2. The molecule has 0 spiro atoms. The molecular weight excluding hydrogens is 268 g/mol. The Morgan fingerprint density at radius 3 is 2.18 bits per heavy atom. The van der Waals surface area contributed by atoms with E-state index in [0.717, 1.165) is 0 Å². The zero-order valence-electron chi connectivity index (χ0n) is 8.86. The fourth-order valence-corrected chi connectivity index (χ4v) is 4.23. The molecule has 94 valence electrons. The van der Waals surface area contributed by atoms with Crippen LogP contribution >= 0.6 is 0 Å². The van der Waals surface area contributed by atoms with E-state index in [1.54, 1.807) is 0 Å². The minimum Gasteiger partial charge on any atom is -0.264 e. The molecule has 0 fully saturated rings. The second-order valence-corrected chi connectivity index (χ2v) is 6.67. The third-order valence-electron chi connectivity index (χ3n) is 2.14. The molecule has 0 aliphatic carbocycles. The van der Waals surface area contributed by atoms with Crippen LogP contribution in [0.4, 0.5) is 0 Å². The minimum atomic E-state index is -4.08. The molecule has 17 heavy (non-hydrogen) atoms. The van der Waals surface area contributed by atoms with Crippen LogP contribution in [0, 0.1) is 0 Å². The lowest BCUT2D eigenvalue weighted by molar-refractivity contribution is 0.148. The highest BCUT2D eigenvalue weighted by molar-refractivity contribution is 7.90. The number of benzene rings is 1. The van der Waals surface area contributed by atoms with Gasteiger partial charge < -0.3 is 0 Å². The van der Waals surface area contributed by atoms with Crippen LogP contribution in [-0.4, -0.2) is 29.5 Å². The molecule has 8 heteroatoms. The lowest BCUT2D eigenvalue weighted by Crippen LogP contribution is -2.27. The maximum atomic E-state index is 11.8. The highest BCUT2D eigenvalue weighted by atomic mass is 32.2. The summed E-state index contributed by atoms with van der Waals surface area (Å²) in [6, 6.07) is 5.17. The van der Waals surface area contributed by atoms with Gasteiger partial charge in [-0.3, -0.25) is 8.37 Å². The molecule has 0 saturated carbocycles. The van der Waals surface area contributed by atoms with Crippen molar-refractivity contribution in [3.63, 3.8) is 0 Å². The third-order valence-corrected chi connectivity index (χ3v) is 5.08. The molecule has 0 N–H and O–H groups in total. The van der Waals surface area contributed by atoms with Gasteiger partial charge in [0.05, 0.1) is 12.7 Å². The highest BCUT2D eigenvalue weighted by Gasteiger charge is 2.32. The van der Waals surface area contributed by atoms with Gasteiger partial charge in [0.15, 0.2) is 0 Å². The Morgan fingerprint density at radius 1 is 1.06 bits per heavy atom. The molecule has 1 aliphatic rings. The fraction of sp³-hybridized carbons (Fsp3) is 0.333. The summed E-state index contributed by atoms with van der Waals surface area (Å²) >= 11 is 0. The first-order valence-corrected chi connectivity index (χ1v) is 7.56. The molecule has 2 rings (SSSR count). The predicted molar refractivity (Wildman–Crippen MR) is 57.3 cm³/mol.